The summed E-state index contributed by atoms with van der Waals surface area (Å²) in [5, 5.41) is 3.84. The SMILES string of the molecule is CCCNCCCCS(=O)(=O)Nc1ccc(Cl)cc1. The molecule has 0 aliphatic carbocycles. The Kier molecular flexibility index (Phi) is 7.20. The normalized spacial score (nSPS) is 11.5. The van der Waals surface area contributed by atoms with Crippen LogP contribution in [0.2, 0.25) is 5.02 Å². The van der Waals surface area contributed by atoms with E-state index in [0.717, 1.165) is 25.9 Å². The van der Waals surface area contributed by atoms with Crippen LogP contribution in [0.3, 0.4) is 0 Å². The van der Waals surface area contributed by atoms with Gasteiger partial charge >= 0.3 is 0 Å². The molecule has 0 aromatic heterocycles. The van der Waals surface area contributed by atoms with E-state index in [0.29, 0.717) is 17.1 Å². The fraction of sp³-hybridized carbons (Fsp3) is 0.538. The Morgan fingerprint density at radius 3 is 2.42 bits per heavy atom. The van der Waals surface area contributed by atoms with Gasteiger partial charge < -0.3 is 5.32 Å². The van der Waals surface area contributed by atoms with E-state index in [1.54, 1.807) is 24.3 Å². The van der Waals surface area contributed by atoms with Crippen molar-refractivity contribution in [2.75, 3.05) is 23.6 Å². The molecule has 0 aliphatic heterocycles. The van der Waals surface area contributed by atoms with Crippen molar-refractivity contribution in [2.45, 2.75) is 26.2 Å². The minimum absolute atomic E-state index is 0.142. The molecule has 1 rings (SSSR count). The first kappa shape index (κ1) is 16.3. The van der Waals surface area contributed by atoms with Gasteiger partial charge in [-0.25, -0.2) is 8.42 Å². The van der Waals surface area contributed by atoms with Gasteiger partial charge in [0.1, 0.15) is 0 Å². The summed E-state index contributed by atoms with van der Waals surface area (Å²) in [7, 11) is -3.26. The average molecular weight is 305 g/mol. The molecule has 0 saturated heterocycles. The molecule has 0 heterocycles. The third-order valence-electron chi connectivity index (χ3n) is 2.56. The summed E-state index contributed by atoms with van der Waals surface area (Å²) in [5.74, 6) is 0.142. The molecule has 0 unspecified atom stereocenters. The molecule has 0 radical (unpaired) electrons. The highest BCUT2D eigenvalue weighted by molar-refractivity contribution is 7.92. The van der Waals surface area contributed by atoms with Crippen LogP contribution in [0.1, 0.15) is 26.2 Å². The molecule has 1 aromatic carbocycles. The summed E-state index contributed by atoms with van der Waals surface area (Å²) in [6, 6.07) is 6.63. The van der Waals surface area contributed by atoms with E-state index in [9.17, 15) is 8.42 Å². The molecule has 19 heavy (non-hydrogen) atoms. The highest BCUT2D eigenvalue weighted by atomic mass is 35.5. The molecule has 0 atom stereocenters. The van der Waals surface area contributed by atoms with Crippen LogP contribution >= 0.6 is 11.6 Å². The number of hydrogen-bond acceptors (Lipinski definition) is 3. The molecule has 0 bridgehead atoms. The maximum atomic E-state index is 11.8. The lowest BCUT2D eigenvalue weighted by molar-refractivity contribution is 0.590. The van der Waals surface area contributed by atoms with Crippen LogP contribution in [0.15, 0.2) is 24.3 Å². The Bertz CT molecular complexity index is 460. The predicted octanol–water partition coefficient (Wildman–Crippen LogP) is 2.86. The standard InChI is InChI=1S/C13H21ClN2O2S/c1-2-9-15-10-3-4-11-19(17,18)16-13-7-5-12(14)6-8-13/h5-8,15-16H,2-4,9-11H2,1H3. The second-order valence-electron chi connectivity index (χ2n) is 4.38. The Hall–Kier alpha value is -0.780. The highest BCUT2D eigenvalue weighted by Gasteiger charge is 2.09. The number of hydrogen-bond donors (Lipinski definition) is 2. The lowest BCUT2D eigenvalue weighted by Gasteiger charge is -2.08. The molecule has 0 amide bonds. The zero-order valence-corrected chi connectivity index (χ0v) is 12.7. The summed E-state index contributed by atoms with van der Waals surface area (Å²) >= 11 is 5.74. The van der Waals surface area contributed by atoms with E-state index < -0.39 is 10.0 Å². The maximum Gasteiger partial charge on any atom is 0.232 e. The molecule has 108 valence electrons. The Morgan fingerprint density at radius 1 is 1.11 bits per heavy atom. The predicted molar refractivity (Wildman–Crippen MR) is 81.3 cm³/mol. The summed E-state index contributed by atoms with van der Waals surface area (Å²) in [6.45, 7) is 3.95. The van der Waals surface area contributed by atoms with Gasteiger partial charge in [-0.3, -0.25) is 4.72 Å². The largest absolute Gasteiger partial charge is 0.317 e. The summed E-state index contributed by atoms with van der Waals surface area (Å²) in [4.78, 5) is 0. The minimum atomic E-state index is -3.26. The first-order valence-corrected chi connectivity index (χ1v) is 8.53. The molecule has 0 fully saturated rings. The molecular formula is C13H21ClN2O2S. The van der Waals surface area contributed by atoms with Gasteiger partial charge in [-0.05, 0) is 56.6 Å². The molecule has 0 aliphatic rings. The summed E-state index contributed by atoms with van der Waals surface area (Å²) in [5.41, 5.74) is 0.550. The van der Waals surface area contributed by atoms with E-state index in [2.05, 4.69) is 17.0 Å². The van der Waals surface area contributed by atoms with Crippen LogP contribution in [-0.2, 0) is 10.0 Å². The Balaban J connectivity index is 2.30. The highest BCUT2D eigenvalue weighted by Crippen LogP contribution is 2.15. The third kappa shape index (κ3) is 7.40. The quantitative estimate of drug-likeness (QED) is 0.690. The molecule has 0 saturated carbocycles. The van der Waals surface area contributed by atoms with Crippen LogP contribution in [-0.4, -0.2) is 27.3 Å². The van der Waals surface area contributed by atoms with Crippen molar-refractivity contribution in [1.82, 2.24) is 5.32 Å². The number of anilines is 1. The van der Waals surface area contributed by atoms with E-state index >= 15 is 0 Å². The second kappa shape index (κ2) is 8.40. The van der Waals surface area contributed by atoms with E-state index in [4.69, 9.17) is 11.6 Å². The van der Waals surface area contributed by atoms with Crippen molar-refractivity contribution in [3.8, 4) is 0 Å². The van der Waals surface area contributed by atoms with Gasteiger partial charge in [0.05, 0.1) is 5.75 Å². The van der Waals surface area contributed by atoms with Crippen LogP contribution in [0.25, 0.3) is 0 Å². The van der Waals surface area contributed by atoms with Gasteiger partial charge in [0, 0.05) is 10.7 Å². The van der Waals surface area contributed by atoms with E-state index in [1.165, 1.54) is 0 Å². The fourth-order valence-corrected chi connectivity index (χ4v) is 2.90. The lowest BCUT2D eigenvalue weighted by Crippen LogP contribution is -2.19. The van der Waals surface area contributed by atoms with E-state index in [-0.39, 0.29) is 5.75 Å². The molecular weight excluding hydrogens is 284 g/mol. The summed E-state index contributed by atoms with van der Waals surface area (Å²) in [6.07, 6.45) is 2.61. The van der Waals surface area contributed by atoms with Gasteiger partial charge in [0.15, 0.2) is 0 Å². The zero-order chi connectivity index (χ0) is 14.1. The molecule has 6 heteroatoms. The fourth-order valence-electron chi connectivity index (χ4n) is 1.59. The van der Waals surface area contributed by atoms with Gasteiger partial charge in [0.25, 0.3) is 0 Å². The number of benzene rings is 1. The topological polar surface area (TPSA) is 58.2 Å². The zero-order valence-electron chi connectivity index (χ0n) is 11.2. The minimum Gasteiger partial charge on any atom is -0.317 e. The third-order valence-corrected chi connectivity index (χ3v) is 4.19. The van der Waals surface area contributed by atoms with Crippen molar-refractivity contribution in [1.29, 1.82) is 0 Å². The molecule has 4 nitrogen and oxygen atoms in total. The first-order valence-electron chi connectivity index (χ1n) is 6.50. The van der Waals surface area contributed by atoms with Crippen molar-refractivity contribution in [3.63, 3.8) is 0 Å². The van der Waals surface area contributed by atoms with Crippen molar-refractivity contribution in [2.24, 2.45) is 0 Å². The monoisotopic (exact) mass is 304 g/mol. The van der Waals surface area contributed by atoms with Crippen LogP contribution in [0, 0.1) is 0 Å². The van der Waals surface area contributed by atoms with Crippen molar-refractivity contribution < 1.29 is 8.42 Å². The first-order chi connectivity index (χ1) is 9.03. The lowest BCUT2D eigenvalue weighted by atomic mass is 10.3. The number of unbranched alkanes of at least 4 members (excludes halogenated alkanes) is 1. The van der Waals surface area contributed by atoms with Gasteiger partial charge in [-0.1, -0.05) is 18.5 Å². The van der Waals surface area contributed by atoms with Crippen molar-refractivity contribution >= 4 is 27.3 Å². The number of sulfonamides is 1. The second-order valence-corrected chi connectivity index (χ2v) is 6.66. The number of halogens is 1. The number of nitrogens with one attached hydrogen (secondary N) is 2. The smallest absolute Gasteiger partial charge is 0.232 e. The van der Waals surface area contributed by atoms with Crippen LogP contribution in [0.5, 0.6) is 0 Å². The van der Waals surface area contributed by atoms with Gasteiger partial charge in [-0.2, -0.15) is 0 Å². The van der Waals surface area contributed by atoms with E-state index in [1.807, 2.05) is 0 Å². The van der Waals surface area contributed by atoms with Gasteiger partial charge in [0.2, 0.25) is 10.0 Å². The summed E-state index contributed by atoms with van der Waals surface area (Å²) < 4.78 is 26.2. The molecule has 1 aromatic rings. The molecule has 0 spiro atoms. The van der Waals surface area contributed by atoms with Crippen LogP contribution in [0.4, 0.5) is 5.69 Å². The van der Waals surface area contributed by atoms with Crippen LogP contribution < -0.4 is 10.0 Å². The Labute approximate surface area is 120 Å². The van der Waals surface area contributed by atoms with Crippen molar-refractivity contribution in [3.05, 3.63) is 29.3 Å². The number of rotatable bonds is 9. The van der Waals surface area contributed by atoms with Gasteiger partial charge in [-0.15, -0.1) is 0 Å². The maximum absolute atomic E-state index is 11.8. The Morgan fingerprint density at radius 2 is 1.79 bits per heavy atom. The average Bonchev–Trinajstić information content (AvgIpc) is 2.36. The molecule has 2 N–H and O–H groups in total.